The summed E-state index contributed by atoms with van der Waals surface area (Å²) in [6.07, 6.45) is 0.573. The molecule has 0 saturated heterocycles. The summed E-state index contributed by atoms with van der Waals surface area (Å²) in [5, 5.41) is 19.1. The monoisotopic (exact) mass is 270 g/mol. The number of hydrogen-bond donors (Lipinski definition) is 2. The molecule has 20 heavy (non-hydrogen) atoms. The van der Waals surface area contributed by atoms with E-state index in [-0.39, 0.29) is 16.7 Å². The SMILES string of the molecule is CC(C)(Cc1cccc(C(=O)O)c1O)c1ccccc1. The van der Waals surface area contributed by atoms with Gasteiger partial charge in [0.1, 0.15) is 11.3 Å². The normalized spacial score (nSPS) is 11.3. The number of rotatable bonds is 4. The fourth-order valence-corrected chi connectivity index (χ4v) is 2.37. The first-order chi connectivity index (χ1) is 9.42. The van der Waals surface area contributed by atoms with Crippen LogP contribution in [0.3, 0.4) is 0 Å². The third-order valence-corrected chi connectivity index (χ3v) is 3.54. The van der Waals surface area contributed by atoms with Crippen LogP contribution in [0.2, 0.25) is 0 Å². The molecule has 3 nitrogen and oxygen atoms in total. The minimum atomic E-state index is -1.11. The lowest BCUT2D eigenvalue weighted by atomic mass is 9.79. The highest BCUT2D eigenvalue weighted by Gasteiger charge is 2.23. The molecule has 0 atom stereocenters. The van der Waals surface area contributed by atoms with Crippen LogP contribution in [0.15, 0.2) is 48.5 Å². The first-order valence-corrected chi connectivity index (χ1v) is 6.51. The van der Waals surface area contributed by atoms with Crippen LogP contribution in [-0.2, 0) is 11.8 Å². The molecule has 0 aliphatic heterocycles. The molecule has 0 heterocycles. The van der Waals surface area contributed by atoms with Crippen molar-refractivity contribution >= 4 is 5.97 Å². The van der Waals surface area contributed by atoms with Crippen molar-refractivity contribution in [3.05, 3.63) is 65.2 Å². The Morgan fingerprint density at radius 3 is 2.30 bits per heavy atom. The predicted molar refractivity (Wildman–Crippen MR) is 78.2 cm³/mol. The summed E-state index contributed by atoms with van der Waals surface area (Å²) < 4.78 is 0. The van der Waals surface area contributed by atoms with E-state index in [1.807, 2.05) is 30.3 Å². The third-order valence-electron chi connectivity index (χ3n) is 3.54. The molecule has 0 radical (unpaired) electrons. The molecule has 0 spiro atoms. The zero-order valence-electron chi connectivity index (χ0n) is 11.6. The van der Waals surface area contributed by atoms with Crippen LogP contribution in [0.25, 0.3) is 0 Å². The summed E-state index contributed by atoms with van der Waals surface area (Å²) in [5.41, 5.74) is 1.57. The fraction of sp³-hybridized carbons (Fsp3) is 0.235. The van der Waals surface area contributed by atoms with Crippen LogP contribution in [0.4, 0.5) is 0 Å². The van der Waals surface area contributed by atoms with E-state index in [2.05, 4.69) is 13.8 Å². The molecule has 2 aromatic carbocycles. The van der Waals surface area contributed by atoms with Crippen LogP contribution in [0.1, 0.15) is 35.3 Å². The molecule has 2 N–H and O–H groups in total. The van der Waals surface area contributed by atoms with Crippen molar-refractivity contribution in [1.82, 2.24) is 0 Å². The van der Waals surface area contributed by atoms with Gasteiger partial charge in [0, 0.05) is 0 Å². The molecule has 0 aromatic heterocycles. The van der Waals surface area contributed by atoms with Crippen LogP contribution in [0.5, 0.6) is 5.75 Å². The minimum absolute atomic E-state index is 0.0497. The molecule has 0 aliphatic carbocycles. The van der Waals surface area contributed by atoms with Gasteiger partial charge >= 0.3 is 5.97 Å². The summed E-state index contributed by atoms with van der Waals surface area (Å²) >= 11 is 0. The van der Waals surface area contributed by atoms with Gasteiger partial charge in [-0.25, -0.2) is 4.79 Å². The maximum atomic E-state index is 11.0. The van der Waals surface area contributed by atoms with Gasteiger partial charge in [-0.05, 0) is 29.0 Å². The number of phenols is 1. The summed E-state index contributed by atoms with van der Waals surface area (Å²) in [7, 11) is 0. The first kappa shape index (κ1) is 14.1. The number of aromatic hydroxyl groups is 1. The molecule has 0 unspecified atom stereocenters. The van der Waals surface area contributed by atoms with Gasteiger partial charge in [-0.1, -0.05) is 56.3 Å². The van der Waals surface area contributed by atoms with Gasteiger partial charge in [0.25, 0.3) is 0 Å². The number of carboxylic acid groups (broad SMARTS) is 1. The van der Waals surface area contributed by atoms with E-state index >= 15 is 0 Å². The highest BCUT2D eigenvalue weighted by molar-refractivity contribution is 5.91. The molecule has 104 valence electrons. The molecule has 0 bridgehead atoms. The molecule has 2 aromatic rings. The minimum Gasteiger partial charge on any atom is -0.507 e. The Hall–Kier alpha value is -2.29. The average molecular weight is 270 g/mol. The van der Waals surface area contributed by atoms with Crippen molar-refractivity contribution in [1.29, 1.82) is 0 Å². The summed E-state index contributed by atoms with van der Waals surface area (Å²) in [6, 6.07) is 14.8. The number of benzene rings is 2. The van der Waals surface area contributed by atoms with Gasteiger partial charge < -0.3 is 10.2 Å². The number of aromatic carboxylic acids is 1. The summed E-state index contributed by atoms with van der Waals surface area (Å²) in [4.78, 5) is 11.0. The van der Waals surface area contributed by atoms with Crippen molar-refractivity contribution in [3.63, 3.8) is 0 Å². The van der Waals surface area contributed by atoms with Gasteiger partial charge in [-0.2, -0.15) is 0 Å². The topological polar surface area (TPSA) is 57.5 Å². The highest BCUT2D eigenvalue weighted by Crippen LogP contribution is 2.32. The van der Waals surface area contributed by atoms with Gasteiger partial charge in [-0.15, -0.1) is 0 Å². The second-order valence-electron chi connectivity index (χ2n) is 5.55. The molecule has 0 fully saturated rings. The van der Waals surface area contributed by atoms with E-state index in [1.54, 1.807) is 12.1 Å². The van der Waals surface area contributed by atoms with Gasteiger partial charge in [0.2, 0.25) is 0 Å². The van der Waals surface area contributed by atoms with E-state index < -0.39 is 5.97 Å². The molecule has 3 heteroatoms. The van der Waals surface area contributed by atoms with Crippen molar-refractivity contribution in [2.45, 2.75) is 25.7 Å². The van der Waals surface area contributed by atoms with Crippen LogP contribution >= 0.6 is 0 Å². The van der Waals surface area contributed by atoms with Crippen molar-refractivity contribution < 1.29 is 15.0 Å². The second-order valence-corrected chi connectivity index (χ2v) is 5.55. The van der Waals surface area contributed by atoms with E-state index in [0.717, 1.165) is 5.56 Å². The van der Waals surface area contributed by atoms with E-state index in [1.165, 1.54) is 6.07 Å². The predicted octanol–water partition coefficient (Wildman–Crippen LogP) is 3.61. The Labute approximate surface area is 118 Å². The highest BCUT2D eigenvalue weighted by atomic mass is 16.4. The Bertz CT molecular complexity index is 615. The average Bonchev–Trinajstić information content (AvgIpc) is 2.41. The Balaban J connectivity index is 2.35. The van der Waals surface area contributed by atoms with Crippen molar-refractivity contribution in [2.24, 2.45) is 0 Å². The lowest BCUT2D eigenvalue weighted by Gasteiger charge is -2.26. The Morgan fingerprint density at radius 1 is 1.05 bits per heavy atom. The molecule has 0 saturated carbocycles. The third kappa shape index (κ3) is 2.82. The second kappa shape index (κ2) is 5.37. The molecular weight excluding hydrogens is 252 g/mol. The Morgan fingerprint density at radius 2 is 1.70 bits per heavy atom. The number of para-hydroxylation sites is 1. The van der Waals surface area contributed by atoms with Crippen LogP contribution in [0, 0.1) is 0 Å². The maximum Gasteiger partial charge on any atom is 0.339 e. The van der Waals surface area contributed by atoms with E-state index in [4.69, 9.17) is 5.11 Å². The first-order valence-electron chi connectivity index (χ1n) is 6.51. The molecule has 2 rings (SSSR count). The van der Waals surface area contributed by atoms with Gasteiger partial charge in [0.15, 0.2) is 0 Å². The quantitative estimate of drug-likeness (QED) is 0.892. The lowest BCUT2D eigenvalue weighted by Crippen LogP contribution is -2.20. The van der Waals surface area contributed by atoms with Gasteiger partial charge in [-0.3, -0.25) is 0 Å². The van der Waals surface area contributed by atoms with Gasteiger partial charge in [0.05, 0.1) is 0 Å². The molecular formula is C17H18O3. The summed E-state index contributed by atoms with van der Waals surface area (Å²) in [5.74, 6) is -1.24. The van der Waals surface area contributed by atoms with Crippen LogP contribution in [-0.4, -0.2) is 16.2 Å². The number of carboxylic acids is 1. The number of hydrogen-bond acceptors (Lipinski definition) is 2. The van der Waals surface area contributed by atoms with Crippen molar-refractivity contribution in [3.8, 4) is 5.75 Å². The van der Waals surface area contributed by atoms with Crippen LogP contribution < -0.4 is 0 Å². The Kier molecular flexibility index (Phi) is 3.79. The maximum absolute atomic E-state index is 11.0. The zero-order chi connectivity index (χ0) is 14.8. The molecule has 0 aliphatic rings. The number of carbonyl (C=O) groups is 1. The summed E-state index contributed by atoms with van der Waals surface area (Å²) in [6.45, 7) is 4.16. The largest absolute Gasteiger partial charge is 0.507 e. The van der Waals surface area contributed by atoms with E-state index in [9.17, 15) is 9.90 Å². The molecule has 0 amide bonds. The zero-order valence-corrected chi connectivity index (χ0v) is 11.6. The smallest absolute Gasteiger partial charge is 0.339 e. The van der Waals surface area contributed by atoms with E-state index in [0.29, 0.717) is 12.0 Å². The van der Waals surface area contributed by atoms with Crippen molar-refractivity contribution in [2.75, 3.05) is 0 Å². The lowest BCUT2D eigenvalue weighted by molar-refractivity contribution is 0.0693. The fourth-order valence-electron chi connectivity index (χ4n) is 2.37. The standard InChI is InChI=1S/C17H18O3/c1-17(2,13-8-4-3-5-9-13)11-12-7-6-10-14(15(12)18)16(19)20/h3-10,18H,11H2,1-2H3,(H,19,20).